The van der Waals surface area contributed by atoms with Crippen LogP contribution in [0.3, 0.4) is 0 Å². The van der Waals surface area contributed by atoms with Crippen LogP contribution in [-0.2, 0) is 4.74 Å². The fraction of sp³-hybridized carbons (Fsp3) is 0.571. The predicted molar refractivity (Wildman–Crippen MR) is 70.0 cm³/mol. The maximum atomic E-state index is 12.1. The summed E-state index contributed by atoms with van der Waals surface area (Å²) in [6.07, 6.45) is -0.869. The molecule has 0 spiro atoms. The number of nitrogens with one attached hydrogen (secondary N) is 1. The lowest BCUT2D eigenvalue weighted by Gasteiger charge is -2.30. The van der Waals surface area contributed by atoms with Gasteiger partial charge in [0.25, 0.3) is 0 Å². The molecule has 1 saturated carbocycles. The summed E-state index contributed by atoms with van der Waals surface area (Å²) >= 11 is 0. The Labute approximate surface area is 116 Å². The standard InChI is InChI=1S/C14H19F3N2O/c15-14(16,17)9-20-8-13(19-18)12-7-2-1-6-11(12)10-4-3-5-10/h1-2,6-7,10,13,19H,3-5,8-9,18H2. The Kier molecular flexibility index (Phi) is 5.01. The summed E-state index contributed by atoms with van der Waals surface area (Å²) < 4.78 is 41.0. The highest BCUT2D eigenvalue weighted by Crippen LogP contribution is 2.39. The van der Waals surface area contributed by atoms with E-state index in [0.717, 1.165) is 24.0 Å². The molecule has 112 valence electrons. The van der Waals surface area contributed by atoms with Gasteiger partial charge in [-0.1, -0.05) is 30.7 Å². The number of hydrazine groups is 1. The normalized spacial score (nSPS) is 17.8. The van der Waals surface area contributed by atoms with Crippen LogP contribution in [0.1, 0.15) is 42.3 Å². The molecule has 0 aromatic heterocycles. The summed E-state index contributed by atoms with van der Waals surface area (Å²) in [5.41, 5.74) is 4.65. The second kappa shape index (κ2) is 6.56. The second-order valence-electron chi connectivity index (χ2n) is 5.11. The van der Waals surface area contributed by atoms with Gasteiger partial charge in [-0.25, -0.2) is 0 Å². The largest absolute Gasteiger partial charge is 0.411 e. The molecule has 0 saturated heterocycles. The number of hydrogen-bond acceptors (Lipinski definition) is 3. The molecule has 3 nitrogen and oxygen atoms in total. The van der Waals surface area contributed by atoms with Gasteiger partial charge in [0.2, 0.25) is 0 Å². The van der Waals surface area contributed by atoms with Crippen molar-refractivity contribution in [2.24, 2.45) is 5.84 Å². The van der Waals surface area contributed by atoms with Crippen molar-refractivity contribution in [3.63, 3.8) is 0 Å². The van der Waals surface area contributed by atoms with E-state index in [0.29, 0.717) is 5.92 Å². The van der Waals surface area contributed by atoms with Crippen LogP contribution < -0.4 is 11.3 Å². The van der Waals surface area contributed by atoms with Crippen molar-refractivity contribution in [1.82, 2.24) is 5.43 Å². The third kappa shape index (κ3) is 3.94. The Morgan fingerprint density at radius 1 is 1.30 bits per heavy atom. The Morgan fingerprint density at radius 2 is 2.00 bits per heavy atom. The summed E-state index contributed by atoms with van der Waals surface area (Å²) in [5, 5.41) is 0. The fourth-order valence-corrected chi connectivity index (χ4v) is 2.44. The number of alkyl halides is 3. The SMILES string of the molecule is NNC(COCC(F)(F)F)c1ccccc1C1CCC1. The van der Waals surface area contributed by atoms with Gasteiger partial charge in [-0.05, 0) is 29.9 Å². The van der Waals surface area contributed by atoms with E-state index >= 15 is 0 Å². The number of rotatable bonds is 6. The zero-order valence-electron chi connectivity index (χ0n) is 11.1. The number of nitrogens with two attached hydrogens (primary N) is 1. The molecule has 1 aliphatic rings. The third-order valence-electron chi connectivity index (χ3n) is 3.67. The van der Waals surface area contributed by atoms with Gasteiger partial charge in [0, 0.05) is 0 Å². The average Bonchev–Trinajstić information content (AvgIpc) is 2.32. The minimum absolute atomic E-state index is 0.0975. The lowest BCUT2D eigenvalue weighted by Crippen LogP contribution is -2.33. The summed E-state index contributed by atoms with van der Waals surface area (Å²) in [6.45, 7) is -1.35. The number of ether oxygens (including phenoxy) is 1. The molecule has 1 aliphatic carbocycles. The quantitative estimate of drug-likeness (QED) is 0.625. The molecular weight excluding hydrogens is 269 g/mol. The summed E-state index contributed by atoms with van der Waals surface area (Å²) in [5.74, 6) is 5.96. The molecule has 1 atom stereocenters. The molecule has 1 aromatic rings. The average molecular weight is 288 g/mol. The van der Waals surface area contributed by atoms with Crippen LogP contribution in [0.25, 0.3) is 0 Å². The highest BCUT2D eigenvalue weighted by molar-refractivity contribution is 5.34. The zero-order valence-corrected chi connectivity index (χ0v) is 11.1. The maximum Gasteiger partial charge on any atom is 0.411 e. The van der Waals surface area contributed by atoms with Gasteiger partial charge in [0.1, 0.15) is 6.61 Å². The van der Waals surface area contributed by atoms with Crippen LogP contribution in [0.5, 0.6) is 0 Å². The highest BCUT2D eigenvalue weighted by Gasteiger charge is 2.29. The molecule has 0 amide bonds. The maximum absolute atomic E-state index is 12.1. The second-order valence-corrected chi connectivity index (χ2v) is 5.11. The van der Waals surface area contributed by atoms with E-state index in [9.17, 15) is 13.2 Å². The minimum atomic E-state index is -4.31. The van der Waals surface area contributed by atoms with Gasteiger partial charge in [-0.2, -0.15) is 13.2 Å². The Balaban J connectivity index is 2.03. The third-order valence-corrected chi connectivity index (χ3v) is 3.67. The van der Waals surface area contributed by atoms with Gasteiger partial charge < -0.3 is 4.74 Å². The molecule has 0 bridgehead atoms. The molecule has 2 rings (SSSR count). The van der Waals surface area contributed by atoms with Gasteiger partial charge in [0.15, 0.2) is 0 Å². The summed E-state index contributed by atoms with van der Waals surface area (Å²) in [4.78, 5) is 0. The molecule has 3 N–H and O–H groups in total. The molecule has 1 unspecified atom stereocenters. The van der Waals surface area contributed by atoms with E-state index in [-0.39, 0.29) is 6.61 Å². The first kappa shape index (κ1) is 15.3. The molecule has 0 aliphatic heterocycles. The van der Waals surface area contributed by atoms with Crippen molar-refractivity contribution in [1.29, 1.82) is 0 Å². The van der Waals surface area contributed by atoms with E-state index in [1.54, 1.807) is 0 Å². The number of halogens is 3. The van der Waals surface area contributed by atoms with Crippen molar-refractivity contribution in [2.45, 2.75) is 37.4 Å². The molecular formula is C14H19F3N2O. The van der Waals surface area contributed by atoms with E-state index in [1.807, 2.05) is 24.3 Å². The number of benzene rings is 1. The molecule has 6 heteroatoms. The van der Waals surface area contributed by atoms with Gasteiger partial charge >= 0.3 is 6.18 Å². The lowest BCUT2D eigenvalue weighted by molar-refractivity contribution is -0.175. The predicted octanol–water partition coefficient (Wildman–Crippen LogP) is 3.04. The Morgan fingerprint density at radius 3 is 2.55 bits per heavy atom. The highest BCUT2D eigenvalue weighted by atomic mass is 19.4. The lowest BCUT2D eigenvalue weighted by atomic mass is 9.77. The van der Waals surface area contributed by atoms with E-state index in [2.05, 4.69) is 5.43 Å². The van der Waals surface area contributed by atoms with Crippen LogP contribution in [0.15, 0.2) is 24.3 Å². The molecule has 0 radical (unpaired) electrons. The first-order valence-corrected chi connectivity index (χ1v) is 6.70. The first-order valence-electron chi connectivity index (χ1n) is 6.70. The van der Waals surface area contributed by atoms with Gasteiger partial charge in [-0.3, -0.25) is 11.3 Å². The van der Waals surface area contributed by atoms with Crippen molar-refractivity contribution in [3.05, 3.63) is 35.4 Å². The first-order chi connectivity index (χ1) is 9.51. The monoisotopic (exact) mass is 288 g/mol. The molecule has 1 aromatic carbocycles. The van der Waals surface area contributed by atoms with Crippen molar-refractivity contribution < 1.29 is 17.9 Å². The van der Waals surface area contributed by atoms with E-state index < -0.39 is 18.8 Å². The van der Waals surface area contributed by atoms with Gasteiger partial charge in [-0.15, -0.1) is 0 Å². The fourth-order valence-electron chi connectivity index (χ4n) is 2.44. The topological polar surface area (TPSA) is 47.3 Å². The number of hydrogen-bond donors (Lipinski definition) is 2. The van der Waals surface area contributed by atoms with E-state index in [4.69, 9.17) is 10.6 Å². The van der Waals surface area contributed by atoms with Crippen molar-refractivity contribution in [3.8, 4) is 0 Å². The van der Waals surface area contributed by atoms with Crippen LogP contribution >= 0.6 is 0 Å². The summed E-state index contributed by atoms with van der Waals surface area (Å²) in [7, 11) is 0. The van der Waals surface area contributed by atoms with Crippen LogP contribution in [0, 0.1) is 0 Å². The molecule has 0 heterocycles. The minimum Gasteiger partial charge on any atom is -0.370 e. The van der Waals surface area contributed by atoms with Crippen LogP contribution in [0.2, 0.25) is 0 Å². The van der Waals surface area contributed by atoms with E-state index in [1.165, 1.54) is 6.42 Å². The Bertz CT molecular complexity index is 433. The molecule has 1 fully saturated rings. The Hall–Kier alpha value is -1.11. The van der Waals surface area contributed by atoms with Crippen molar-refractivity contribution in [2.75, 3.05) is 13.2 Å². The smallest absolute Gasteiger partial charge is 0.370 e. The van der Waals surface area contributed by atoms with Crippen LogP contribution in [-0.4, -0.2) is 19.4 Å². The summed E-state index contributed by atoms with van der Waals surface area (Å²) in [6, 6.07) is 7.31. The van der Waals surface area contributed by atoms with Gasteiger partial charge in [0.05, 0.1) is 12.6 Å². The molecule has 20 heavy (non-hydrogen) atoms. The van der Waals surface area contributed by atoms with Crippen LogP contribution in [0.4, 0.5) is 13.2 Å². The van der Waals surface area contributed by atoms with Crippen molar-refractivity contribution >= 4 is 0 Å². The zero-order chi connectivity index (χ0) is 14.6.